The van der Waals surface area contributed by atoms with Crippen molar-refractivity contribution in [3.05, 3.63) is 75.7 Å². The van der Waals surface area contributed by atoms with Crippen molar-refractivity contribution in [2.75, 3.05) is 31.2 Å². The standard InChI is InChI=1S/C26H28ClF3N4O5/c27-25-31-24(34(36)37)15-33(25)14-11-21(35)17-39-23-7-3-20(4-8-23)32-12-9-18(10-13-32)16-38-22-5-1-19(2-6-22)26(28,29)30/h1-8,15,18,21,35H,9-14,16-17H2. The maximum atomic E-state index is 12.7. The first-order valence-electron chi connectivity index (χ1n) is 12.4. The predicted molar refractivity (Wildman–Crippen MR) is 138 cm³/mol. The first-order chi connectivity index (χ1) is 18.6. The molecule has 3 aromatic rings. The lowest BCUT2D eigenvalue weighted by molar-refractivity contribution is -0.389. The molecule has 0 radical (unpaired) electrons. The van der Waals surface area contributed by atoms with Crippen LogP contribution in [0.3, 0.4) is 0 Å². The molecule has 210 valence electrons. The van der Waals surface area contributed by atoms with Crippen LogP contribution in [0.4, 0.5) is 24.7 Å². The third kappa shape index (κ3) is 7.99. The van der Waals surface area contributed by atoms with Gasteiger partial charge in [0.15, 0.2) is 0 Å². The third-order valence-electron chi connectivity index (χ3n) is 6.53. The molecule has 2 heterocycles. The number of aromatic nitrogens is 2. The number of hydrogen-bond donors (Lipinski definition) is 1. The molecule has 1 N–H and O–H groups in total. The minimum absolute atomic E-state index is 0.0129. The Hall–Kier alpha value is -3.51. The number of rotatable bonds is 11. The maximum Gasteiger partial charge on any atom is 0.416 e. The van der Waals surface area contributed by atoms with Crippen LogP contribution in [0.5, 0.6) is 11.5 Å². The van der Waals surface area contributed by atoms with Crippen molar-refractivity contribution >= 4 is 23.1 Å². The fraction of sp³-hybridized carbons (Fsp3) is 0.423. The van der Waals surface area contributed by atoms with Crippen LogP contribution in [0.2, 0.25) is 5.28 Å². The zero-order chi connectivity index (χ0) is 28.0. The molecule has 0 saturated carbocycles. The van der Waals surface area contributed by atoms with Crippen molar-refractivity contribution in [3.8, 4) is 11.5 Å². The van der Waals surface area contributed by atoms with E-state index in [-0.39, 0.29) is 30.7 Å². The van der Waals surface area contributed by atoms with E-state index in [0.29, 0.717) is 24.0 Å². The van der Waals surface area contributed by atoms with Crippen molar-refractivity contribution in [2.24, 2.45) is 5.92 Å². The fourth-order valence-electron chi connectivity index (χ4n) is 4.25. The van der Waals surface area contributed by atoms with E-state index in [1.165, 1.54) is 22.9 Å². The molecular weight excluding hydrogens is 541 g/mol. The molecule has 1 saturated heterocycles. The Balaban J connectivity index is 1.16. The zero-order valence-corrected chi connectivity index (χ0v) is 21.6. The SMILES string of the molecule is O=[N+]([O-])c1cn(CCC(O)COc2ccc(N3CCC(COc4ccc(C(F)(F)F)cc4)CC3)cc2)c(Cl)n1. The Morgan fingerprint density at radius 3 is 2.28 bits per heavy atom. The number of benzene rings is 2. The zero-order valence-electron chi connectivity index (χ0n) is 20.9. The number of nitro groups is 1. The number of alkyl halides is 3. The van der Waals surface area contributed by atoms with Gasteiger partial charge in [-0.25, -0.2) is 0 Å². The number of aliphatic hydroxyl groups is 1. The van der Waals surface area contributed by atoms with E-state index in [9.17, 15) is 28.4 Å². The summed E-state index contributed by atoms with van der Waals surface area (Å²) in [5, 5.41) is 21.0. The summed E-state index contributed by atoms with van der Waals surface area (Å²) in [7, 11) is 0. The Morgan fingerprint density at radius 1 is 1.08 bits per heavy atom. The molecule has 13 heteroatoms. The Bertz CT molecular complexity index is 1230. The number of aliphatic hydroxyl groups excluding tert-OH is 1. The summed E-state index contributed by atoms with van der Waals surface area (Å²) in [6, 6.07) is 12.3. The van der Waals surface area contributed by atoms with E-state index >= 15 is 0 Å². The van der Waals surface area contributed by atoms with E-state index in [2.05, 4.69) is 9.88 Å². The van der Waals surface area contributed by atoms with Gasteiger partial charge in [-0.15, -0.1) is 0 Å². The Kier molecular flexibility index (Phi) is 9.18. The molecule has 1 atom stereocenters. The largest absolute Gasteiger partial charge is 0.493 e. The minimum Gasteiger partial charge on any atom is -0.493 e. The van der Waals surface area contributed by atoms with Crippen LogP contribution >= 0.6 is 11.6 Å². The first-order valence-corrected chi connectivity index (χ1v) is 12.8. The number of hydrogen-bond acceptors (Lipinski definition) is 7. The van der Waals surface area contributed by atoms with Crippen molar-refractivity contribution in [1.29, 1.82) is 0 Å². The molecule has 1 fully saturated rings. The molecule has 4 rings (SSSR count). The van der Waals surface area contributed by atoms with Gasteiger partial charge in [-0.05, 0) is 95.2 Å². The van der Waals surface area contributed by atoms with Gasteiger partial charge in [0, 0.05) is 25.3 Å². The number of piperidine rings is 1. The molecular formula is C26H28ClF3N4O5. The minimum atomic E-state index is -4.36. The van der Waals surface area contributed by atoms with Crippen LogP contribution in [0, 0.1) is 16.0 Å². The molecule has 1 aromatic heterocycles. The highest BCUT2D eigenvalue weighted by Crippen LogP contribution is 2.31. The molecule has 39 heavy (non-hydrogen) atoms. The van der Waals surface area contributed by atoms with Crippen LogP contribution < -0.4 is 14.4 Å². The lowest BCUT2D eigenvalue weighted by Crippen LogP contribution is -2.35. The summed E-state index contributed by atoms with van der Waals surface area (Å²) >= 11 is 5.88. The van der Waals surface area contributed by atoms with Gasteiger partial charge in [-0.3, -0.25) is 4.57 Å². The number of ether oxygens (including phenoxy) is 2. The van der Waals surface area contributed by atoms with Gasteiger partial charge in [0.2, 0.25) is 0 Å². The number of halogens is 4. The Labute approximate surface area is 227 Å². The summed E-state index contributed by atoms with van der Waals surface area (Å²) in [6.45, 7) is 2.43. The smallest absolute Gasteiger partial charge is 0.416 e. The quantitative estimate of drug-likeness (QED) is 0.238. The van der Waals surface area contributed by atoms with E-state index < -0.39 is 22.8 Å². The van der Waals surface area contributed by atoms with Gasteiger partial charge >= 0.3 is 17.3 Å². The normalized spacial score (nSPS) is 15.3. The predicted octanol–water partition coefficient (Wildman–Crippen LogP) is 5.59. The van der Waals surface area contributed by atoms with E-state index in [0.717, 1.165) is 43.8 Å². The van der Waals surface area contributed by atoms with Gasteiger partial charge in [-0.1, -0.05) is 0 Å². The summed E-state index contributed by atoms with van der Waals surface area (Å²) in [6.07, 6.45) is -1.86. The second-order valence-corrected chi connectivity index (χ2v) is 9.67. The van der Waals surface area contributed by atoms with Gasteiger partial charge in [0.1, 0.15) is 24.3 Å². The summed E-state index contributed by atoms with van der Waals surface area (Å²) in [4.78, 5) is 16.0. The molecule has 1 aliphatic rings. The molecule has 9 nitrogen and oxygen atoms in total. The highest BCUT2D eigenvalue weighted by molar-refractivity contribution is 6.28. The summed E-state index contributed by atoms with van der Waals surface area (Å²) in [5.74, 6) is 1.01. The second-order valence-electron chi connectivity index (χ2n) is 9.33. The van der Waals surface area contributed by atoms with Crippen molar-refractivity contribution in [2.45, 2.75) is 38.1 Å². The topological polar surface area (TPSA) is 103 Å². The molecule has 2 aromatic carbocycles. The maximum absolute atomic E-state index is 12.7. The Morgan fingerprint density at radius 2 is 1.69 bits per heavy atom. The first kappa shape index (κ1) is 28.5. The molecule has 1 aliphatic heterocycles. The van der Waals surface area contributed by atoms with Crippen LogP contribution in [0.25, 0.3) is 0 Å². The molecule has 0 amide bonds. The highest BCUT2D eigenvalue weighted by Gasteiger charge is 2.30. The molecule has 0 bridgehead atoms. The monoisotopic (exact) mass is 568 g/mol. The number of aryl methyl sites for hydroxylation is 1. The van der Waals surface area contributed by atoms with Crippen molar-refractivity contribution in [1.82, 2.24) is 9.55 Å². The van der Waals surface area contributed by atoms with Crippen molar-refractivity contribution < 1.29 is 32.7 Å². The van der Waals surface area contributed by atoms with Crippen LogP contribution in [0.15, 0.2) is 54.7 Å². The van der Waals surface area contributed by atoms with Crippen LogP contribution in [-0.2, 0) is 12.7 Å². The number of anilines is 1. The van der Waals surface area contributed by atoms with Crippen LogP contribution in [-0.4, -0.2) is 52.0 Å². The van der Waals surface area contributed by atoms with Gasteiger partial charge in [0.25, 0.3) is 0 Å². The highest BCUT2D eigenvalue weighted by atomic mass is 35.5. The van der Waals surface area contributed by atoms with Crippen LogP contribution in [0.1, 0.15) is 24.8 Å². The van der Waals surface area contributed by atoms with Gasteiger partial charge in [-0.2, -0.15) is 13.2 Å². The third-order valence-corrected chi connectivity index (χ3v) is 6.83. The van der Waals surface area contributed by atoms with E-state index in [1.54, 1.807) is 0 Å². The average Bonchev–Trinajstić information content (AvgIpc) is 3.30. The summed E-state index contributed by atoms with van der Waals surface area (Å²) in [5.41, 5.74) is 0.350. The summed E-state index contributed by atoms with van der Waals surface area (Å²) < 4.78 is 50.9. The fourth-order valence-corrected chi connectivity index (χ4v) is 4.47. The molecule has 0 aliphatic carbocycles. The van der Waals surface area contributed by atoms with Gasteiger partial charge < -0.3 is 29.6 Å². The second kappa shape index (κ2) is 12.6. The number of imidazole rings is 1. The number of nitrogens with zero attached hydrogens (tertiary/aromatic N) is 4. The lowest BCUT2D eigenvalue weighted by atomic mass is 9.97. The van der Waals surface area contributed by atoms with Crippen molar-refractivity contribution in [3.63, 3.8) is 0 Å². The van der Waals surface area contributed by atoms with E-state index in [1.807, 2.05) is 24.3 Å². The van der Waals surface area contributed by atoms with Gasteiger partial charge in [0.05, 0.1) is 18.3 Å². The van der Waals surface area contributed by atoms with E-state index in [4.69, 9.17) is 21.1 Å². The molecule has 1 unspecified atom stereocenters. The lowest BCUT2D eigenvalue weighted by Gasteiger charge is -2.33. The molecule has 0 spiro atoms. The average molecular weight is 569 g/mol.